The fourth-order valence-electron chi connectivity index (χ4n) is 6.63. The molecule has 0 aliphatic heterocycles. The zero-order valence-electron chi connectivity index (χ0n) is 24.3. The predicted molar refractivity (Wildman–Crippen MR) is 159 cm³/mol. The van der Waals surface area contributed by atoms with Crippen LogP contribution in [-0.2, 0) is 16.6 Å². The highest BCUT2D eigenvalue weighted by molar-refractivity contribution is 6.05. The number of hydrogen-bond donors (Lipinski definition) is 2. The van der Waals surface area contributed by atoms with Gasteiger partial charge in [-0.1, -0.05) is 83.6 Å². The first-order valence-corrected chi connectivity index (χ1v) is 14.8. The van der Waals surface area contributed by atoms with Crippen LogP contribution in [0.4, 0.5) is 0 Å². The van der Waals surface area contributed by atoms with Crippen LogP contribution in [-0.4, -0.2) is 35.1 Å². The summed E-state index contributed by atoms with van der Waals surface area (Å²) in [5.74, 6) is -0.264. The Bertz CT molecular complexity index is 1380. The van der Waals surface area contributed by atoms with Crippen LogP contribution >= 0.6 is 0 Å². The molecule has 0 bridgehead atoms. The van der Waals surface area contributed by atoms with Crippen LogP contribution in [0, 0.1) is 11.8 Å². The van der Waals surface area contributed by atoms with E-state index in [1.165, 1.54) is 18.4 Å². The zero-order valence-corrected chi connectivity index (χ0v) is 24.3. The molecule has 3 aromatic rings. The molecule has 212 valence electrons. The molecule has 40 heavy (non-hydrogen) atoms. The van der Waals surface area contributed by atoms with Crippen molar-refractivity contribution in [2.24, 2.45) is 11.8 Å². The van der Waals surface area contributed by atoms with Gasteiger partial charge in [0, 0.05) is 10.8 Å². The Morgan fingerprint density at radius 2 is 1.65 bits per heavy atom. The van der Waals surface area contributed by atoms with Gasteiger partial charge in [-0.05, 0) is 71.4 Å². The molecule has 2 saturated carbocycles. The molecule has 6 nitrogen and oxygen atoms in total. The number of carbonyl (C=O) groups is 2. The number of nitrogens with zero attached hydrogens (tertiary/aromatic N) is 1. The van der Waals surface area contributed by atoms with Gasteiger partial charge in [0.25, 0.3) is 5.91 Å². The molecule has 2 fully saturated rings. The lowest BCUT2D eigenvalue weighted by Crippen LogP contribution is -2.45. The number of carboxylic acid groups (broad SMARTS) is 1. The molecule has 1 unspecified atom stereocenters. The Kier molecular flexibility index (Phi) is 8.16. The highest BCUT2D eigenvalue weighted by Crippen LogP contribution is 2.39. The summed E-state index contributed by atoms with van der Waals surface area (Å²) < 4.78 is 5.79. The smallest absolute Gasteiger partial charge is 0.326 e. The molecule has 1 amide bonds. The van der Waals surface area contributed by atoms with Crippen molar-refractivity contribution in [3.63, 3.8) is 0 Å². The minimum absolute atomic E-state index is 0.0444. The van der Waals surface area contributed by atoms with Crippen LogP contribution < -0.4 is 10.1 Å². The Labute approximate surface area is 237 Å². The number of rotatable bonds is 8. The van der Waals surface area contributed by atoms with E-state index in [0.717, 1.165) is 72.5 Å². The molecule has 5 rings (SSSR count). The Hall–Kier alpha value is -3.41. The van der Waals surface area contributed by atoms with Gasteiger partial charge in [0.05, 0.1) is 12.8 Å². The lowest BCUT2D eigenvalue weighted by atomic mass is 9.85. The highest BCUT2D eigenvalue weighted by atomic mass is 16.5. The maximum absolute atomic E-state index is 13.6. The Balaban J connectivity index is 1.61. The maximum Gasteiger partial charge on any atom is 0.326 e. The van der Waals surface area contributed by atoms with Gasteiger partial charge in [-0.15, -0.1) is 0 Å². The standard InChI is InChI=1S/C34H42N2O4/c1-34(2,3)24-15-13-22(14-16-24)25-17-18-29(40-4)26-20-28(35-27(30(25)26)19-21-9-5-6-10-21)32(37)36-31(33(38)39)23-11-7-8-12-23/h13-18,20-21,23,31H,5-12,19H2,1-4H3,(H,36,37)(H,38,39). The predicted octanol–water partition coefficient (Wildman–Crippen LogP) is 7.31. The van der Waals surface area contributed by atoms with Crippen molar-refractivity contribution >= 4 is 22.6 Å². The van der Waals surface area contributed by atoms with Crippen molar-refractivity contribution in [1.29, 1.82) is 0 Å². The average Bonchev–Trinajstić information content (AvgIpc) is 3.65. The summed E-state index contributed by atoms with van der Waals surface area (Å²) in [6.45, 7) is 6.63. The van der Waals surface area contributed by atoms with Crippen LogP contribution in [0.2, 0.25) is 0 Å². The zero-order chi connectivity index (χ0) is 28.4. The molecule has 0 radical (unpaired) electrons. The fourth-order valence-corrected chi connectivity index (χ4v) is 6.63. The van der Waals surface area contributed by atoms with Crippen LogP contribution in [0.3, 0.4) is 0 Å². The van der Waals surface area contributed by atoms with Gasteiger partial charge in [-0.2, -0.15) is 0 Å². The summed E-state index contributed by atoms with van der Waals surface area (Å²) in [6, 6.07) is 13.6. The van der Waals surface area contributed by atoms with Crippen molar-refractivity contribution in [2.45, 2.75) is 90.0 Å². The number of carbonyl (C=O) groups excluding carboxylic acids is 1. The first-order valence-electron chi connectivity index (χ1n) is 14.8. The molecule has 0 saturated heterocycles. The number of fused-ring (bicyclic) bond motifs is 1. The maximum atomic E-state index is 13.6. The number of aromatic nitrogens is 1. The summed E-state index contributed by atoms with van der Waals surface area (Å²) in [6.07, 6.45) is 9.17. The monoisotopic (exact) mass is 542 g/mol. The summed E-state index contributed by atoms with van der Waals surface area (Å²) in [7, 11) is 1.64. The largest absolute Gasteiger partial charge is 0.496 e. The van der Waals surface area contributed by atoms with Crippen LogP contribution in [0.5, 0.6) is 5.75 Å². The lowest BCUT2D eigenvalue weighted by Gasteiger charge is -2.22. The van der Waals surface area contributed by atoms with E-state index in [1.807, 2.05) is 6.07 Å². The highest BCUT2D eigenvalue weighted by Gasteiger charge is 2.33. The number of methoxy groups -OCH3 is 1. The molecule has 2 aliphatic carbocycles. The van der Waals surface area contributed by atoms with E-state index < -0.39 is 17.9 Å². The third kappa shape index (κ3) is 5.86. The first kappa shape index (κ1) is 28.1. The summed E-state index contributed by atoms with van der Waals surface area (Å²) in [4.78, 5) is 30.6. The molecular weight excluding hydrogens is 500 g/mol. The Morgan fingerprint density at radius 1 is 1.00 bits per heavy atom. The van der Waals surface area contributed by atoms with Crippen LogP contribution in [0.1, 0.15) is 93.9 Å². The average molecular weight is 543 g/mol. The molecule has 2 aromatic carbocycles. The SMILES string of the molecule is COc1ccc(-c2ccc(C(C)(C)C)cc2)c2c(CC3CCCC3)nc(C(=O)NC(C(=O)O)C3CCCC3)cc12. The van der Waals surface area contributed by atoms with E-state index in [0.29, 0.717) is 11.7 Å². The second-order valence-corrected chi connectivity index (χ2v) is 12.7. The van der Waals surface area contributed by atoms with Gasteiger partial charge < -0.3 is 15.2 Å². The van der Waals surface area contributed by atoms with E-state index >= 15 is 0 Å². The molecule has 0 spiro atoms. The number of carboxylic acids is 1. The number of nitrogens with one attached hydrogen (secondary N) is 1. The minimum Gasteiger partial charge on any atom is -0.496 e. The molecule has 6 heteroatoms. The summed E-state index contributed by atoms with van der Waals surface area (Å²) in [5, 5.41) is 14.6. The van der Waals surface area contributed by atoms with Gasteiger partial charge >= 0.3 is 5.97 Å². The van der Waals surface area contributed by atoms with Crippen molar-refractivity contribution in [1.82, 2.24) is 10.3 Å². The van der Waals surface area contributed by atoms with Crippen molar-refractivity contribution < 1.29 is 19.4 Å². The Morgan fingerprint density at radius 3 is 2.25 bits per heavy atom. The van der Waals surface area contributed by atoms with E-state index in [2.05, 4.69) is 56.4 Å². The topological polar surface area (TPSA) is 88.5 Å². The van der Waals surface area contributed by atoms with E-state index in [-0.39, 0.29) is 17.0 Å². The molecule has 1 aromatic heterocycles. The van der Waals surface area contributed by atoms with E-state index in [1.54, 1.807) is 13.2 Å². The summed E-state index contributed by atoms with van der Waals surface area (Å²) >= 11 is 0. The minimum atomic E-state index is -0.981. The number of benzene rings is 2. The number of hydrogen-bond acceptors (Lipinski definition) is 4. The van der Waals surface area contributed by atoms with E-state index in [4.69, 9.17) is 9.72 Å². The molecule has 2 N–H and O–H groups in total. The molecular formula is C34H42N2O4. The number of amides is 1. The van der Waals surface area contributed by atoms with Gasteiger partial charge in [-0.25, -0.2) is 9.78 Å². The fraction of sp³-hybridized carbons (Fsp3) is 0.500. The van der Waals surface area contributed by atoms with Crippen molar-refractivity contribution in [3.8, 4) is 16.9 Å². The molecule has 1 heterocycles. The first-order chi connectivity index (χ1) is 19.2. The van der Waals surface area contributed by atoms with Gasteiger partial charge in [0.1, 0.15) is 17.5 Å². The van der Waals surface area contributed by atoms with Gasteiger partial charge in [0.2, 0.25) is 0 Å². The van der Waals surface area contributed by atoms with E-state index in [9.17, 15) is 14.7 Å². The third-order valence-electron chi connectivity index (χ3n) is 8.93. The van der Waals surface area contributed by atoms with Gasteiger partial charge in [-0.3, -0.25) is 4.79 Å². The van der Waals surface area contributed by atoms with Crippen molar-refractivity contribution in [3.05, 3.63) is 59.4 Å². The summed E-state index contributed by atoms with van der Waals surface area (Å²) in [5.41, 5.74) is 4.63. The quantitative estimate of drug-likeness (QED) is 0.311. The van der Waals surface area contributed by atoms with Crippen LogP contribution in [0.25, 0.3) is 21.9 Å². The molecule has 1 atom stereocenters. The lowest BCUT2D eigenvalue weighted by molar-refractivity contribution is -0.140. The number of pyridine rings is 1. The normalized spacial score (nSPS) is 17.3. The molecule has 2 aliphatic rings. The van der Waals surface area contributed by atoms with Gasteiger partial charge in [0.15, 0.2) is 0 Å². The number of aliphatic carboxylic acids is 1. The third-order valence-corrected chi connectivity index (χ3v) is 8.93. The second kappa shape index (κ2) is 11.6. The van der Waals surface area contributed by atoms with Crippen molar-refractivity contribution in [2.75, 3.05) is 7.11 Å². The van der Waals surface area contributed by atoms with Crippen LogP contribution in [0.15, 0.2) is 42.5 Å². The number of ether oxygens (including phenoxy) is 1. The second-order valence-electron chi connectivity index (χ2n) is 12.7.